The van der Waals surface area contributed by atoms with Crippen LogP contribution in [0.1, 0.15) is 10.4 Å². The Morgan fingerprint density at radius 1 is 1.00 bits per heavy atom. The molecule has 0 radical (unpaired) electrons. The number of rotatable bonds is 8. The summed E-state index contributed by atoms with van der Waals surface area (Å²) in [5.74, 6) is -1.92. The number of anilines is 1. The van der Waals surface area contributed by atoms with E-state index in [9.17, 15) is 22.8 Å². The molecule has 29 heavy (non-hydrogen) atoms. The average Bonchev–Trinajstić information content (AvgIpc) is 2.75. The van der Waals surface area contributed by atoms with Gasteiger partial charge in [-0.1, -0.05) is 24.3 Å². The number of para-hydroxylation sites is 1. The summed E-state index contributed by atoms with van der Waals surface area (Å²) in [4.78, 5) is 34.7. The van der Waals surface area contributed by atoms with Crippen LogP contribution >= 0.6 is 0 Å². The van der Waals surface area contributed by atoms with Gasteiger partial charge in [0, 0.05) is 14.1 Å². The topological polar surface area (TPSA) is 122 Å². The molecule has 2 rings (SSSR count). The Bertz CT molecular complexity index is 992. The first kappa shape index (κ1) is 21.9. The fourth-order valence-electron chi connectivity index (χ4n) is 2.25. The first-order valence-corrected chi connectivity index (χ1v) is 9.98. The molecular formula is C19H21N3O6S. The van der Waals surface area contributed by atoms with Crippen LogP contribution in [0, 0.1) is 0 Å². The molecule has 0 fully saturated rings. The van der Waals surface area contributed by atoms with Gasteiger partial charge >= 0.3 is 5.97 Å². The van der Waals surface area contributed by atoms with Crippen molar-refractivity contribution in [2.75, 3.05) is 31.6 Å². The quantitative estimate of drug-likeness (QED) is 0.602. The van der Waals surface area contributed by atoms with Crippen LogP contribution in [0.15, 0.2) is 59.5 Å². The number of carbonyl (C=O) groups is 3. The number of benzene rings is 2. The van der Waals surface area contributed by atoms with Gasteiger partial charge in [0.05, 0.1) is 22.7 Å². The zero-order valence-electron chi connectivity index (χ0n) is 15.9. The van der Waals surface area contributed by atoms with Crippen molar-refractivity contribution < 1.29 is 27.5 Å². The zero-order chi connectivity index (χ0) is 21.4. The number of likely N-dealkylation sites (N-methyl/N-ethyl adjacent to an activating group) is 1. The van der Waals surface area contributed by atoms with E-state index in [1.807, 2.05) is 0 Å². The Morgan fingerprint density at radius 3 is 2.34 bits per heavy atom. The highest BCUT2D eigenvalue weighted by molar-refractivity contribution is 7.92. The van der Waals surface area contributed by atoms with Gasteiger partial charge in [-0.05, 0) is 30.3 Å². The molecule has 0 aliphatic heterocycles. The van der Waals surface area contributed by atoms with Crippen LogP contribution < -0.4 is 14.9 Å². The molecule has 0 heterocycles. The Hall–Kier alpha value is -3.40. The van der Waals surface area contributed by atoms with Crippen LogP contribution in [0.4, 0.5) is 5.69 Å². The average molecular weight is 419 g/mol. The van der Waals surface area contributed by atoms with Crippen molar-refractivity contribution in [3.63, 3.8) is 0 Å². The lowest BCUT2D eigenvalue weighted by Gasteiger charge is -2.19. The van der Waals surface area contributed by atoms with E-state index >= 15 is 0 Å². The van der Waals surface area contributed by atoms with Crippen LogP contribution in [0.5, 0.6) is 0 Å². The molecule has 0 bridgehead atoms. The Balaban J connectivity index is 2.07. The fourth-order valence-corrected chi connectivity index (χ4v) is 3.49. The molecule has 0 aliphatic rings. The number of hydrogen-bond donors (Lipinski definition) is 2. The highest BCUT2D eigenvalue weighted by Gasteiger charge is 2.22. The predicted molar refractivity (Wildman–Crippen MR) is 106 cm³/mol. The molecule has 0 spiro atoms. The van der Waals surface area contributed by atoms with Gasteiger partial charge in [-0.25, -0.2) is 13.2 Å². The second kappa shape index (κ2) is 9.69. The highest BCUT2D eigenvalue weighted by Crippen LogP contribution is 2.22. The number of hydrogen-bond acceptors (Lipinski definition) is 6. The molecule has 0 aromatic heterocycles. The van der Waals surface area contributed by atoms with Crippen molar-refractivity contribution in [3.05, 3.63) is 60.2 Å². The van der Waals surface area contributed by atoms with E-state index in [4.69, 9.17) is 4.74 Å². The van der Waals surface area contributed by atoms with Crippen molar-refractivity contribution in [1.82, 2.24) is 10.6 Å². The van der Waals surface area contributed by atoms with Gasteiger partial charge in [-0.3, -0.25) is 13.9 Å². The molecule has 154 valence electrons. The summed E-state index contributed by atoms with van der Waals surface area (Å²) >= 11 is 0. The number of carbonyl (C=O) groups excluding carboxylic acids is 3. The number of esters is 1. The van der Waals surface area contributed by atoms with Gasteiger partial charge < -0.3 is 15.4 Å². The van der Waals surface area contributed by atoms with Crippen molar-refractivity contribution in [3.8, 4) is 0 Å². The minimum Gasteiger partial charge on any atom is -0.452 e. The van der Waals surface area contributed by atoms with E-state index in [0.717, 1.165) is 4.31 Å². The first-order valence-electron chi connectivity index (χ1n) is 8.54. The van der Waals surface area contributed by atoms with Gasteiger partial charge in [0.2, 0.25) is 5.91 Å². The number of nitrogens with zero attached hydrogens (tertiary/aromatic N) is 1. The molecule has 0 aliphatic carbocycles. The molecule has 9 nitrogen and oxygen atoms in total. The SMILES string of the molecule is CNC(=O)CNC(=O)COC(=O)c1cccc(S(=O)(=O)N(C)c2ccccc2)c1. The van der Waals surface area contributed by atoms with Crippen LogP contribution in [-0.2, 0) is 24.3 Å². The molecule has 0 saturated carbocycles. The third kappa shape index (κ3) is 5.79. The van der Waals surface area contributed by atoms with E-state index in [2.05, 4.69) is 10.6 Å². The Kier molecular flexibility index (Phi) is 7.32. The van der Waals surface area contributed by atoms with Gasteiger partial charge in [0.15, 0.2) is 6.61 Å². The maximum atomic E-state index is 12.8. The van der Waals surface area contributed by atoms with Crippen molar-refractivity contribution in [2.45, 2.75) is 4.90 Å². The number of amides is 2. The van der Waals surface area contributed by atoms with Crippen molar-refractivity contribution in [1.29, 1.82) is 0 Å². The van der Waals surface area contributed by atoms with E-state index in [0.29, 0.717) is 5.69 Å². The lowest BCUT2D eigenvalue weighted by molar-refractivity contribution is -0.127. The fraction of sp³-hybridized carbons (Fsp3) is 0.211. The summed E-state index contributed by atoms with van der Waals surface area (Å²) in [6.07, 6.45) is 0. The lowest BCUT2D eigenvalue weighted by atomic mass is 10.2. The largest absolute Gasteiger partial charge is 0.452 e. The van der Waals surface area contributed by atoms with Crippen LogP contribution in [0.2, 0.25) is 0 Å². The third-order valence-electron chi connectivity index (χ3n) is 3.91. The highest BCUT2D eigenvalue weighted by atomic mass is 32.2. The maximum absolute atomic E-state index is 12.8. The third-order valence-corrected chi connectivity index (χ3v) is 5.69. The molecule has 0 saturated heterocycles. The van der Waals surface area contributed by atoms with Crippen LogP contribution in [0.25, 0.3) is 0 Å². The minimum absolute atomic E-state index is 0.0216. The van der Waals surface area contributed by atoms with Gasteiger partial charge in [-0.2, -0.15) is 0 Å². The maximum Gasteiger partial charge on any atom is 0.338 e. The van der Waals surface area contributed by atoms with Crippen LogP contribution in [0.3, 0.4) is 0 Å². The predicted octanol–water partition coefficient (Wildman–Crippen LogP) is 0.531. The summed E-state index contributed by atoms with van der Waals surface area (Å²) in [7, 11) is -1.07. The molecule has 2 aromatic carbocycles. The normalized spacial score (nSPS) is 10.7. The van der Waals surface area contributed by atoms with Crippen molar-refractivity contribution in [2.24, 2.45) is 0 Å². The molecule has 2 amide bonds. The Labute approximate surface area is 168 Å². The minimum atomic E-state index is -3.90. The second-order valence-corrected chi connectivity index (χ2v) is 7.83. The summed E-state index contributed by atoms with van der Waals surface area (Å²) in [6, 6.07) is 13.8. The number of sulfonamides is 1. The lowest BCUT2D eigenvalue weighted by Crippen LogP contribution is -2.37. The van der Waals surface area contributed by atoms with Crippen molar-refractivity contribution >= 4 is 33.5 Å². The zero-order valence-corrected chi connectivity index (χ0v) is 16.7. The van der Waals surface area contributed by atoms with E-state index in [1.165, 1.54) is 38.4 Å². The number of nitrogens with one attached hydrogen (secondary N) is 2. The molecule has 2 N–H and O–H groups in total. The van der Waals surface area contributed by atoms with Gasteiger partial charge in [0.1, 0.15) is 0 Å². The van der Waals surface area contributed by atoms with E-state index < -0.39 is 34.4 Å². The molecular weight excluding hydrogens is 398 g/mol. The Morgan fingerprint density at radius 2 is 1.69 bits per heavy atom. The smallest absolute Gasteiger partial charge is 0.338 e. The summed E-state index contributed by atoms with van der Waals surface area (Å²) in [5, 5.41) is 4.61. The first-order chi connectivity index (χ1) is 13.8. The molecule has 10 heteroatoms. The summed E-state index contributed by atoms with van der Waals surface area (Å²) in [5.41, 5.74) is 0.444. The van der Waals surface area contributed by atoms with E-state index in [1.54, 1.807) is 30.3 Å². The second-order valence-electron chi connectivity index (χ2n) is 5.86. The van der Waals surface area contributed by atoms with Crippen LogP contribution in [-0.4, -0.2) is 53.4 Å². The van der Waals surface area contributed by atoms with Gasteiger partial charge in [-0.15, -0.1) is 0 Å². The molecule has 2 aromatic rings. The monoisotopic (exact) mass is 419 g/mol. The summed E-state index contributed by atoms with van der Waals surface area (Å²) < 4.78 is 31.6. The molecule has 0 atom stereocenters. The summed E-state index contributed by atoms with van der Waals surface area (Å²) in [6.45, 7) is -0.844. The van der Waals surface area contributed by atoms with E-state index in [-0.39, 0.29) is 17.0 Å². The molecule has 0 unspecified atom stereocenters. The van der Waals surface area contributed by atoms with Gasteiger partial charge in [0.25, 0.3) is 15.9 Å². The standard InChI is InChI=1S/C19H21N3O6S/c1-20-17(23)12-21-18(24)13-28-19(25)14-7-6-10-16(11-14)29(26,27)22(2)15-8-4-3-5-9-15/h3-11H,12-13H2,1-2H3,(H,20,23)(H,21,24). The number of ether oxygens (including phenoxy) is 1.